The minimum atomic E-state index is -0.216. The van der Waals surface area contributed by atoms with Crippen molar-refractivity contribution in [1.29, 1.82) is 0 Å². The predicted octanol–water partition coefficient (Wildman–Crippen LogP) is 6.62. The van der Waals surface area contributed by atoms with Gasteiger partial charge in [-0.3, -0.25) is 4.79 Å². The molecule has 140 valence electrons. The number of hydrogen-bond acceptors (Lipinski definition) is 2. The third-order valence-electron chi connectivity index (χ3n) is 5.10. The predicted molar refractivity (Wildman–Crippen MR) is 114 cm³/mol. The molecule has 0 unspecified atom stereocenters. The Hall–Kier alpha value is -2.61. The Kier molecular flexibility index (Phi) is 4.63. The molecule has 0 saturated carbocycles. The van der Waals surface area contributed by atoms with Gasteiger partial charge in [-0.05, 0) is 39.3 Å². The summed E-state index contributed by atoms with van der Waals surface area (Å²) in [5.74, 6) is 0.353. The molecule has 0 atom stereocenters. The summed E-state index contributed by atoms with van der Waals surface area (Å²) in [6, 6.07) is 16.1. The normalized spacial score (nSPS) is 12.4. The Labute approximate surface area is 161 Å². The molecule has 0 fully saturated rings. The SMILES string of the molecule is CC(C)(C)c1cc(-c2c(C=O)ccc3ccccc23)cc(C(C)(C)C)c1O. The van der Waals surface area contributed by atoms with Crippen LogP contribution in [0.5, 0.6) is 5.75 Å². The van der Waals surface area contributed by atoms with Crippen LogP contribution in [0.3, 0.4) is 0 Å². The van der Waals surface area contributed by atoms with Gasteiger partial charge in [-0.15, -0.1) is 0 Å². The van der Waals surface area contributed by atoms with Crippen molar-refractivity contribution >= 4 is 17.1 Å². The first kappa shape index (κ1) is 19.2. The minimum absolute atomic E-state index is 0.216. The second-order valence-corrected chi connectivity index (χ2v) is 9.29. The Morgan fingerprint density at radius 1 is 0.815 bits per heavy atom. The van der Waals surface area contributed by atoms with E-state index in [2.05, 4.69) is 53.7 Å². The van der Waals surface area contributed by atoms with Crippen LogP contribution in [0.4, 0.5) is 0 Å². The molecule has 0 amide bonds. The molecule has 1 N–H and O–H groups in total. The summed E-state index contributed by atoms with van der Waals surface area (Å²) in [6.45, 7) is 12.6. The van der Waals surface area contributed by atoms with Crippen molar-refractivity contribution in [1.82, 2.24) is 0 Å². The van der Waals surface area contributed by atoms with Crippen LogP contribution in [-0.4, -0.2) is 11.4 Å². The van der Waals surface area contributed by atoms with Crippen LogP contribution in [-0.2, 0) is 10.8 Å². The van der Waals surface area contributed by atoms with Crippen LogP contribution in [0.25, 0.3) is 21.9 Å². The van der Waals surface area contributed by atoms with E-state index in [-0.39, 0.29) is 10.8 Å². The summed E-state index contributed by atoms with van der Waals surface area (Å²) in [7, 11) is 0. The van der Waals surface area contributed by atoms with Crippen LogP contribution in [0, 0.1) is 0 Å². The van der Waals surface area contributed by atoms with E-state index in [4.69, 9.17) is 0 Å². The summed E-state index contributed by atoms with van der Waals surface area (Å²) in [6.07, 6.45) is 0.919. The summed E-state index contributed by atoms with van der Waals surface area (Å²) in [4.78, 5) is 11.8. The highest BCUT2D eigenvalue weighted by Crippen LogP contribution is 2.43. The van der Waals surface area contributed by atoms with Crippen molar-refractivity contribution in [2.24, 2.45) is 0 Å². The molecule has 3 rings (SSSR count). The monoisotopic (exact) mass is 360 g/mol. The number of carbonyl (C=O) groups is 1. The van der Waals surface area contributed by atoms with Crippen molar-refractivity contribution in [2.45, 2.75) is 52.4 Å². The average molecular weight is 360 g/mol. The van der Waals surface area contributed by atoms with E-state index in [9.17, 15) is 9.90 Å². The topological polar surface area (TPSA) is 37.3 Å². The zero-order chi connectivity index (χ0) is 20.0. The Morgan fingerprint density at radius 2 is 1.37 bits per heavy atom. The van der Waals surface area contributed by atoms with Crippen LogP contribution in [0.15, 0.2) is 48.5 Å². The van der Waals surface area contributed by atoms with E-state index in [1.54, 1.807) is 0 Å². The molecule has 3 aromatic carbocycles. The van der Waals surface area contributed by atoms with Crippen molar-refractivity contribution in [3.05, 3.63) is 65.2 Å². The Bertz CT molecular complexity index is 980. The molecule has 0 aliphatic carbocycles. The van der Waals surface area contributed by atoms with E-state index in [0.717, 1.165) is 39.3 Å². The largest absolute Gasteiger partial charge is 0.507 e. The second kappa shape index (κ2) is 6.53. The van der Waals surface area contributed by atoms with Crippen LogP contribution in [0.2, 0.25) is 0 Å². The molecule has 0 radical (unpaired) electrons. The summed E-state index contributed by atoms with van der Waals surface area (Å²) < 4.78 is 0. The molecule has 0 aliphatic rings. The van der Waals surface area contributed by atoms with Crippen molar-refractivity contribution in [3.63, 3.8) is 0 Å². The fourth-order valence-corrected chi connectivity index (χ4v) is 3.63. The number of fused-ring (bicyclic) bond motifs is 1. The molecular weight excluding hydrogens is 332 g/mol. The van der Waals surface area contributed by atoms with Gasteiger partial charge >= 0.3 is 0 Å². The number of aromatic hydroxyl groups is 1. The molecule has 0 bridgehead atoms. The van der Waals surface area contributed by atoms with Gasteiger partial charge in [0.05, 0.1) is 0 Å². The lowest BCUT2D eigenvalue weighted by molar-refractivity contribution is 0.112. The molecule has 0 saturated heterocycles. The molecule has 3 aromatic rings. The zero-order valence-corrected chi connectivity index (χ0v) is 17.1. The van der Waals surface area contributed by atoms with E-state index in [1.807, 2.05) is 36.4 Å². The van der Waals surface area contributed by atoms with Crippen molar-refractivity contribution in [2.75, 3.05) is 0 Å². The smallest absolute Gasteiger partial charge is 0.150 e. The van der Waals surface area contributed by atoms with E-state index < -0.39 is 0 Å². The third-order valence-corrected chi connectivity index (χ3v) is 5.10. The summed E-state index contributed by atoms with van der Waals surface area (Å²) >= 11 is 0. The highest BCUT2D eigenvalue weighted by molar-refractivity contribution is 6.04. The van der Waals surface area contributed by atoms with Gasteiger partial charge in [0.1, 0.15) is 5.75 Å². The third kappa shape index (κ3) is 3.49. The Morgan fingerprint density at radius 3 is 1.89 bits per heavy atom. The van der Waals surface area contributed by atoms with Gasteiger partial charge < -0.3 is 5.11 Å². The number of aldehydes is 1. The van der Waals surface area contributed by atoms with Crippen LogP contribution >= 0.6 is 0 Å². The van der Waals surface area contributed by atoms with E-state index >= 15 is 0 Å². The number of phenols is 1. The molecule has 0 spiro atoms. The van der Waals surface area contributed by atoms with Gasteiger partial charge in [0, 0.05) is 22.3 Å². The highest BCUT2D eigenvalue weighted by atomic mass is 16.3. The van der Waals surface area contributed by atoms with Crippen LogP contribution in [0.1, 0.15) is 63.0 Å². The van der Waals surface area contributed by atoms with Gasteiger partial charge in [-0.2, -0.15) is 0 Å². The lowest BCUT2D eigenvalue weighted by atomic mass is 9.77. The van der Waals surface area contributed by atoms with E-state index in [1.165, 1.54) is 0 Å². The fraction of sp³-hybridized carbons (Fsp3) is 0.320. The number of benzene rings is 3. The molecule has 0 aromatic heterocycles. The number of phenolic OH excluding ortho intramolecular Hbond substituents is 1. The maximum atomic E-state index is 11.8. The number of carbonyl (C=O) groups excluding carboxylic acids is 1. The summed E-state index contributed by atoms with van der Waals surface area (Å²) in [5, 5.41) is 13.1. The lowest BCUT2D eigenvalue weighted by Crippen LogP contribution is -2.17. The minimum Gasteiger partial charge on any atom is -0.507 e. The van der Waals surface area contributed by atoms with E-state index in [0.29, 0.717) is 11.3 Å². The fourth-order valence-electron chi connectivity index (χ4n) is 3.63. The van der Waals surface area contributed by atoms with Crippen molar-refractivity contribution in [3.8, 4) is 16.9 Å². The summed E-state index contributed by atoms with van der Waals surface area (Å²) in [5.41, 5.74) is 3.93. The van der Waals surface area contributed by atoms with Gasteiger partial charge in [0.25, 0.3) is 0 Å². The van der Waals surface area contributed by atoms with Gasteiger partial charge in [0.2, 0.25) is 0 Å². The lowest BCUT2D eigenvalue weighted by Gasteiger charge is -2.28. The number of rotatable bonds is 2. The molecule has 27 heavy (non-hydrogen) atoms. The first-order chi connectivity index (χ1) is 12.5. The standard InChI is InChI=1S/C25H28O2/c1-24(2,3)20-13-18(14-21(23(20)27)25(4,5)6)22-17(15-26)12-11-16-9-7-8-10-19(16)22/h7-15,27H,1-6H3. The van der Waals surface area contributed by atoms with Gasteiger partial charge in [-0.25, -0.2) is 0 Å². The van der Waals surface area contributed by atoms with Crippen LogP contribution < -0.4 is 0 Å². The van der Waals surface area contributed by atoms with Gasteiger partial charge in [0.15, 0.2) is 6.29 Å². The molecule has 2 heteroatoms. The molecule has 0 heterocycles. The van der Waals surface area contributed by atoms with Crippen molar-refractivity contribution < 1.29 is 9.90 Å². The first-order valence-electron chi connectivity index (χ1n) is 9.39. The molecule has 2 nitrogen and oxygen atoms in total. The highest BCUT2D eigenvalue weighted by Gasteiger charge is 2.27. The zero-order valence-electron chi connectivity index (χ0n) is 17.1. The maximum absolute atomic E-state index is 11.8. The molecular formula is C25H28O2. The average Bonchev–Trinajstić information content (AvgIpc) is 2.59. The molecule has 0 aliphatic heterocycles. The Balaban J connectivity index is 2.46. The number of hydrogen-bond donors (Lipinski definition) is 1. The van der Waals surface area contributed by atoms with Gasteiger partial charge in [-0.1, -0.05) is 77.9 Å². The maximum Gasteiger partial charge on any atom is 0.150 e. The quantitative estimate of drug-likeness (QED) is 0.521. The second-order valence-electron chi connectivity index (χ2n) is 9.29. The first-order valence-corrected chi connectivity index (χ1v) is 9.39.